The Morgan fingerprint density at radius 3 is 2.67 bits per heavy atom. The molecule has 3 nitrogen and oxygen atoms in total. The van der Waals surface area contributed by atoms with Crippen molar-refractivity contribution in [1.29, 1.82) is 0 Å². The predicted octanol–water partition coefficient (Wildman–Crippen LogP) is 2.26. The summed E-state index contributed by atoms with van der Waals surface area (Å²) in [7, 11) is 1.35. The van der Waals surface area contributed by atoms with Crippen LogP contribution in [-0.2, 0) is 12.5 Å². The van der Waals surface area contributed by atoms with E-state index in [9.17, 15) is 8.78 Å². The van der Waals surface area contributed by atoms with Crippen LogP contribution in [0.4, 0.5) is 8.78 Å². The second kappa shape index (κ2) is 5.23. The molecule has 15 heavy (non-hydrogen) atoms. The molecule has 0 amide bonds. The smallest absolute Gasteiger partial charge is 0.265 e. The van der Waals surface area contributed by atoms with Crippen molar-refractivity contribution in [3.63, 3.8) is 0 Å². The summed E-state index contributed by atoms with van der Waals surface area (Å²) in [5.41, 5.74) is 0.0252. The number of aliphatic hydroxyl groups is 1. The third-order valence-corrected chi connectivity index (χ3v) is 2.15. The highest BCUT2D eigenvalue weighted by atomic mass is 35.5. The van der Waals surface area contributed by atoms with Gasteiger partial charge < -0.3 is 9.84 Å². The molecule has 0 atom stereocenters. The fourth-order valence-corrected chi connectivity index (χ4v) is 1.39. The van der Waals surface area contributed by atoms with Gasteiger partial charge in [-0.1, -0.05) is 0 Å². The van der Waals surface area contributed by atoms with Crippen molar-refractivity contribution in [3.05, 3.63) is 22.9 Å². The molecule has 0 bridgehead atoms. The van der Waals surface area contributed by atoms with Crippen LogP contribution in [0.15, 0.2) is 6.07 Å². The van der Waals surface area contributed by atoms with Crippen molar-refractivity contribution in [1.82, 2.24) is 4.98 Å². The molecule has 1 N–H and O–H groups in total. The molecule has 0 radical (unpaired) electrons. The number of alkyl halides is 3. The van der Waals surface area contributed by atoms with Gasteiger partial charge in [0, 0.05) is 11.1 Å². The zero-order valence-corrected chi connectivity index (χ0v) is 8.76. The molecule has 0 saturated heterocycles. The van der Waals surface area contributed by atoms with Gasteiger partial charge in [-0.15, -0.1) is 11.6 Å². The number of pyridine rings is 1. The number of ether oxygens (including phenoxy) is 1. The van der Waals surface area contributed by atoms with Crippen LogP contribution in [-0.4, -0.2) is 17.2 Å². The molecule has 0 aliphatic rings. The quantitative estimate of drug-likeness (QED) is 0.817. The van der Waals surface area contributed by atoms with Gasteiger partial charge in [0.1, 0.15) is 0 Å². The van der Waals surface area contributed by atoms with E-state index in [1.54, 1.807) is 0 Å². The summed E-state index contributed by atoms with van der Waals surface area (Å²) in [4.78, 5) is 3.81. The first-order chi connectivity index (χ1) is 7.13. The molecule has 0 aromatic carbocycles. The number of methoxy groups -OCH3 is 1. The first-order valence-electron chi connectivity index (χ1n) is 4.15. The average molecular weight is 238 g/mol. The van der Waals surface area contributed by atoms with Gasteiger partial charge in [-0.2, -0.15) is 0 Å². The van der Waals surface area contributed by atoms with Gasteiger partial charge in [0.15, 0.2) is 0 Å². The van der Waals surface area contributed by atoms with E-state index in [1.807, 2.05) is 0 Å². The monoisotopic (exact) mass is 237 g/mol. The Hall–Kier alpha value is -0.940. The Balaban J connectivity index is 3.27. The van der Waals surface area contributed by atoms with Crippen LogP contribution in [0.3, 0.4) is 0 Å². The second-order valence-electron chi connectivity index (χ2n) is 2.79. The summed E-state index contributed by atoms with van der Waals surface area (Å²) in [6, 6.07) is 1.16. The highest BCUT2D eigenvalue weighted by Gasteiger charge is 2.17. The highest BCUT2D eigenvalue weighted by molar-refractivity contribution is 6.17. The summed E-state index contributed by atoms with van der Waals surface area (Å²) in [6.07, 6.45) is -2.66. The Kier molecular flexibility index (Phi) is 4.23. The first kappa shape index (κ1) is 12.1. The lowest BCUT2D eigenvalue weighted by Crippen LogP contribution is -2.03. The van der Waals surface area contributed by atoms with Crippen molar-refractivity contribution in [3.8, 4) is 5.88 Å². The van der Waals surface area contributed by atoms with Crippen molar-refractivity contribution in [2.24, 2.45) is 0 Å². The molecule has 0 spiro atoms. The van der Waals surface area contributed by atoms with E-state index in [0.29, 0.717) is 0 Å². The Morgan fingerprint density at radius 2 is 2.27 bits per heavy atom. The number of halogens is 3. The highest BCUT2D eigenvalue weighted by Crippen LogP contribution is 2.28. The summed E-state index contributed by atoms with van der Waals surface area (Å²) in [5.74, 6) is -0.000540. The molecule has 1 aromatic rings. The minimum absolute atomic E-state index is 0.0701. The van der Waals surface area contributed by atoms with Crippen LogP contribution in [0.5, 0.6) is 5.88 Å². The van der Waals surface area contributed by atoms with E-state index in [2.05, 4.69) is 4.98 Å². The second-order valence-corrected chi connectivity index (χ2v) is 3.05. The van der Waals surface area contributed by atoms with Crippen molar-refractivity contribution < 1.29 is 18.6 Å². The minimum atomic E-state index is -2.66. The topological polar surface area (TPSA) is 42.4 Å². The maximum Gasteiger partial charge on any atom is 0.265 e. The molecular weight excluding hydrogens is 228 g/mol. The lowest BCUT2D eigenvalue weighted by atomic mass is 10.1. The normalized spacial score (nSPS) is 10.8. The Morgan fingerprint density at radius 1 is 1.60 bits per heavy atom. The van der Waals surface area contributed by atoms with Crippen LogP contribution in [0.2, 0.25) is 0 Å². The van der Waals surface area contributed by atoms with Gasteiger partial charge >= 0.3 is 0 Å². The van der Waals surface area contributed by atoms with Crippen LogP contribution in [0.25, 0.3) is 0 Å². The van der Waals surface area contributed by atoms with E-state index in [0.717, 1.165) is 6.07 Å². The van der Waals surface area contributed by atoms with E-state index >= 15 is 0 Å². The number of aliphatic hydroxyl groups excluding tert-OH is 1. The van der Waals surface area contributed by atoms with E-state index in [-0.39, 0.29) is 28.6 Å². The molecule has 0 fully saturated rings. The minimum Gasteiger partial charge on any atom is -0.481 e. The Bertz CT molecular complexity index is 347. The molecule has 6 heteroatoms. The molecule has 0 saturated carbocycles. The zero-order valence-electron chi connectivity index (χ0n) is 8.01. The number of rotatable bonds is 4. The van der Waals surface area contributed by atoms with Crippen LogP contribution in [0.1, 0.15) is 23.2 Å². The number of hydrogen-bond donors (Lipinski definition) is 1. The average Bonchev–Trinajstić information content (AvgIpc) is 2.26. The standard InChI is InChI=1S/C9H10ClF2NO2/c1-15-9-5(4-14)2-6(8(11)12)7(3-10)13-9/h2,8,14H,3-4H2,1H3. The van der Waals surface area contributed by atoms with Gasteiger partial charge in [-0.05, 0) is 6.07 Å². The third-order valence-electron chi connectivity index (χ3n) is 1.90. The van der Waals surface area contributed by atoms with Gasteiger partial charge in [-0.3, -0.25) is 0 Å². The zero-order chi connectivity index (χ0) is 11.4. The van der Waals surface area contributed by atoms with E-state index in [1.165, 1.54) is 7.11 Å². The summed E-state index contributed by atoms with van der Waals surface area (Å²) in [6.45, 7) is -0.404. The predicted molar refractivity (Wildman–Crippen MR) is 51.2 cm³/mol. The molecular formula is C9H10ClF2NO2. The van der Waals surface area contributed by atoms with Gasteiger partial charge in [0.25, 0.3) is 6.43 Å². The maximum absolute atomic E-state index is 12.5. The molecule has 1 rings (SSSR count). The van der Waals surface area contributed by atoms with Gasteiger partial charge in [-0.25, -0.2) is 13.8 Å². The number of aromatic nitrogens is 1. The van der Waals surface area contributed by atoms with Gasteiger partial charge in [0.2, 0.25) is 5.88 Å². The van der Waals surface area contributed by atoms with Crippen molar-refractivity contribution in [2.45, 2.75) is 18.9 Å². The summed E-state index contributed by atoms with van der Waals surface area (Å²) >= 11 is 5.49. The third kappa shape index (κ3) is 2.54. The molecule has 0 aliphatic carbocycles. The lowest BCUT2D eigenvalue weighted by Gasteiger charge is -2.11. The van der Waals surface area contributed by atoms with Crippen molar-refractivity contribution >= 4 is 11.6 Å². The van der Waals surface area contributed by atoms with Crippen LogP contribution >= 0.6 is 11.6 Å². The lowest BCUT2D eigenvalue weighted by molar-refractivity contribution is 0.149. The molecule has 1 aromatic heterocycles. The van der Waals surface area contributed by atoms with Crippen LogP contribution in [0, 0.1) is 0 Å². The fourth-order valence-electron chi connectivity index (χ4n) is 1.18. The first-order valence-corrected chi connectivity index (χ1v) is 4.69. The molecule has 0 aliphatic heterocycles. The maximum atomic E-state index is 12.5. The number of nitrogens with zero attached hydrogens (tertiary/aromatic N) is 1. The molecule has 0 unspecified atom stereocenters. The van der Waals surface area contributed by atoms with Crippen LogP contribution < -0.4 is 4.74 Å². The van der Waals surface area contributed by atoms with E-state index in [4.69, 9.17) is 21.4 Å². The molecule has 84 valence electrons. The van der Waals surface area contributed by atoms with Gasteiger partial charge in [0.05, 0.1) is 25.3 Å². The van der Waals surface area contributed by atoms with E-state index < -0.39 is 13.0 Å². The van der Waals surface area contributed by atoms with Crippen molar-refractivity contribution in [2.75, 3.05) is 7.11 Å². The number of hydrogen-bond acceptors (Lipinski definition) is 3. The summed E-state index contributed by atoms with van der Waals surface area (Å²) < 4.78 is 29.9. The Labute approximate surface area is 90.7 Å². The molecule has 1 heterocycles. The largest absolute Gasteiger partial charge is 0.481 e. The summed E-state index contributed by atoms with van der Waals surface area (Å²) in [5, 5.41) is 8.92. The SMILES string of the molecule is COc1nc(CCl)c(C(F)F)cc1CO. The fraction of sp³-hybridized carbons (Fsp3) is 0.444.